The van der Waals surface area contributed by atoms with Crippen LogP contribution in [-0.2, 0) is 4.74 Å². The normalized spacial score (nSPS) is 34.0. The molecule has 0 aliphatic carbocycles. The highest BCUT2D eigenvalue weighted by Gasteiger charge is 2.42. The van der Waals surface area contributed by atoms with Crippen LogP contribution in [0, 0.1) is 5.92 Å². The Kier molecular flexibility index (Phi) is 6.19. The lowest BCUT2D eigenvalue weighted by atomic mass is 9.82. The number of ether oxygens (including phenoxy) is 1. The quantitative estimate of drug-likeness (QED) is 0.759. The monoisotopic (exact) mass is 289 g/mol. The van der Waals surface area contributed by atoms with Crippen LogP contribution in [0.5, 0.6) is 0 Å². The van der Waals surface area contributed by atoms with Crippen LogP contribution in [0.1, 0.15) is 32.6 Å². The van der Waals surface area contributed by atoms with Crippen molar-refractivity contribution in [3.8, 4) is 0 Å². The van der Waals surface area contributed by atoms with Crippen LogP contribution in [0.15, 0.2) is 0 Å². The molecular weight excluding hydrogens is 262 g/mol. The van der Waals surface area contributed by atoms with E-state index in [1.54, 1.807) is 0 Å². The van der Waals surface area contributed by atoms with E-state index in [4.69, 9.17) is 4.74 Å². The molecule has 2 fully saturated rings. The van der Waals surface area contributed by atoms with E-state index < -0.39 is 0 Å². The molecule has 0 radical (unpaired) electrons. The van der Waals surface area contributed by atoms with E-state index in [2.05, 4.69) is 42.8 Å². The van der Waals surface area contributed by atoms with Gasteiger partial charge in [-0.1, -0.05) is 6.92 Å². The minimum atomic E-state index is 0.234. The summed E-state index contributed by atoms with van der Waals surface area (Å²) in [5, 5.41) is 3.55. The first-order valence-corrected chi connectivity index (χ1v) is 9.57. The molecule has 3 atom stereocenters. The van der Waals surface area contributed by atoms with Gasteiger partial charge in [-0.3, -0.25) is 0 Å². The van der Waals surface area contributed by atoms with Crippen LogP contribution in [-0.4, -0.2) is 48.3 Å². The minimum absolute atomic E-state index is 0.234. The first kappa shape index (κ1) is 15.0. The molecule has 4 heteroatoms. The third-order valence-corrected chi connectivity index (χ3v) is 6.70. The first-order valence-electron chi connectivity index (χ1n) is 7.26. The minimum Gasteiger partial charge on any atom is -0.374 e. The Balaban J connectivity index is 1.85. The van der Waals surface area contributed by atoms with Gasteiger partial charge in [0.25, 0.3) is 0 Å². The number of hydrogen-bond acceptors (Lipinski definition) is 4. The van der Waals surface area contributed by atoms with Gasteiger partial charge in [-0.2, -0.15) is 23.5 Å². The molecule has 0 bridgehead atoms. The summed E-state index contributed by atoms with van der Waals surface area (Å²) in [4.78, 5) is 0. The van der Waals surface area contributed by atoms with Crippen molar-refractivity contribution >= 4 is 23.5 Å². The molecule has 2 aliphatic rings. The summed E-state index contributed by atoms with van der Waals surface area (Å²) in [5.41, 5.74) is 0.234. The molecule has 2 aliphatic heterocycles. The highest BCUT2D eigenvalue weighted by molar-refractivity contribution is 7.99. The van der Waals surface area contributed by atoms with Crippen molar-refractivity contribution in [1.82, 2.24) is 5.32 Å². The lowest BCUT2D eigenvalue weighted by molar-refractivity contribution is -0.0835. The lowest BCUT2D eigenvalue weighted by Crippen LogP contribution is -2.47. The molecule has 0 amide bonds. The number of nitrogens with one attached hydrogen (secondary N) is 1. The van der Waals surface area contributed by atoms with E-state index in [9.17, 15) is 0 Å². The predicted molar refractivity (Wildman–Crippen MR) is 83.8 cm³/mol. The second-order valence-corrected chi connectivity index (χ2v) is 7.81. The summed E-state index contributed by atoms with van der Waals surface area (Å²) >= 11 is 4.17. The molecule has 3 unspecified atom stereocenters. The van der Waals surface area contributed by atoms with Crippen LogP contribution in [0.2, 0.25) is 0 Å². The molecule has 2 saturated heterocycles. The van der Waals surface area contributed by atoms with Crippen LogP contribution < -0.4 is 5.32 Å². The van der Waals surface area contributed by atoms with Crippen molar-refractivity contribution in [3.63, 3.8) is 0 Å². The summed E-state index contributed by atoms with van der Waals surface area (Å²) in [5.74, 6) is 5.89. The van der Waals surface area contributed by atoms with E-state index in [0.29, 0.717) is 6.04 Å². The third-order valence-electron chi connectivity index (χ3n) is 4.18. The van der Waals surface area contributed by atoms with E-state index in [1.165, 1.54) is 48.7 Å². The van der Waals surface area contributed by atoms with Crippen LogP contribution >= 0.6 is 23.5 Å². The standard InChI is InChI=1S/C14H27NOS2/c1-3-7-17-10-13(15-2)12-4-6-16-14(9-12)5-8-18-11-14/h12-13,15H,3-11H2,1-2H3. The maximum Gasteiger partial charge on any atom is 0.0783 e. The predicted octanol–water partition coefficient (Wildman–Crippen LogP) is 3.02. The Labute approximate surface area is 120 Å². The van der Waals surface area contributed by atoms with Gasteiger partial charge in [0.05, 0.1) is 5.60 Å². The summed E-state index contributed by atoms with van der Waals surface area (Å²) < 4.78 is 6.12. The van der Waals surface area contributed by atoms with Crippen molar-refractivity contribution < 1.29 is 4.74 Å². The van der Waals surface area contributed by atoms with Crippen molar-refractivity contribution in [1.29, 1.82) is 0 Å². The lowest BCUT2D eigenvalue weighted by Gasteiger charge is -2.40. The Morgan fingerprint density at radius 2 is 2.44 bits per heavy atom. The molecule has 0 aromatic heterocycles. The Bertz CT molecular complexity index is 244. The highest BCUT2D eigenvalue weighted by Crippen LogP contribution is 2.41. The number of rotatable bonds is 6. The molecule has 2 nitrogen and oxygen atoms in total. The number of hydrogen-bond donors (Lipinski definition) is 1. The van der Waals surface area contributed by atoms with Crippen LogP contribution in [0.3, 0.4) is 0 Å². The number of thioether (sulfide) groups is 2. The molecule has 0 aromatic carbocycles. The topological polar surface area (TPSA) is 21.3 Å². The van der Waals surface area contributed by atoms with Crippen molar-refractivity contribution in [2.45, 2.75) is 44.2 Å². The highest BCUT2D eigenvalue weighted by atomic mass is 32.2. The summed E-state index contributed by atoms with van der Waals surface area (Å²) in [6, 6.07) is 0.674. The fourth-order valence-electron chi connectivity index (χ4n) is 3.08. The van der Waals surface area contributed by atoms with E-state index in [0.717, 1.165) is 12.5 Å². The van der Waals surface area contributed by atoms with Gasteiger partial charge >= 0.3 is 0 Å². The van der Waals surface area contributed by atoms with E-state index in [1.807, 2.05) is 0 Å². The second kappa shape index (κ2) is 7.41. The van der Waals surface area contributed by atoms with Gasteiger partial charge in [0, 0.05) is 24.2 Å². The zero-order valence-corrected chi connectivity index (χ0v) is 13.4. The van der Waals surface area contributed by atoms with Crippen LogP contribution in [0.25, 0.3) is 0 Å². The third kappa shape index (κ3) is 3.81. The molecule has 18 heavy (non-hydrogen) atoms. The molecular formula is C14H27NOS2. The summed E-state index contributed by atoms with van der Waals surface area (Å²) in [6.45, 7) is 3.24. The SMILES string of the molecule is CCCSCC(NC)C1CCOC2(CCSC2)C1. The molecule has 106 valence electrons. The van der Waals surface area contributed by atoms with Gasteiger partial charge in [-0.15, -0.1) is 0 Å². The summed E-state index contributed by atoms with van der Waals surface area (Å²) in [7, 11) is 2.13. The zero-order valence-electron chi connectivity index (χ0n) is 11.7. The van der Waals surface area contributed by atoms with Gasteiger partial charge in [-0.25, -0.2) is 0 Å². The molecule has 2 rings (SSSR count). The van der Waals surface area contributed by atoms with Crippen molar-refractivity contribution in [2.75, 3.05) is 36.7 Å². The largest absolute Gasteiger partial charge is 0.374 e. The van der Waals surface area contributed by atoms with Crippen molar-refractivity contribution in [2.24, 2.45) is 5.92 Å². The maximum atomic E-state index is 6.12. The first-order chi connectivity index (χ1) is 8.79. The van der Waals surface area contributed by atoms with Gasteiger partial charge in [0.15, 0.2) is 0 Å². The Morgan fingerprint density at radius 3 is 3.11 bits per heavy atom. The fourth-order valence-corrected chi connectivity index (χ4v) is 5.61. The van der Waals surface area contributed by atoms with Gasteiger partial charge in [0.2, 0.25) is 0 Å². The van der Waals surface area contributed by atoms with Crippen molar-refractivity contribution in [3.05, 3.63) is 0 Å². The van der Waals surface area contributed by atoms with Gasteiger partial charge < -0.3 is 10.1 Å². The van der Waals surface area contributed by atoms with Crippen LogP contribution in [0.4, 0.5) is 0 Å². The molecule has 2 heterocycles. The average Bonchev–Trinajstić information content (AvgIpc) is 2.83. The molecule has 0 aromatic rings. The maximum absolute atomic E-state index is 6.12. The molecule has 1 spiro atoms. The smallest absolute Gasteiger partial charge is 0.0783 e. The zero-order chi connectivity index (χ0) is 12.8. The molecule has 1 N–H and O–H groups in total. The Hall–Kier alpha value is 0.620. The summed E-state index contributed by atoms with van der Waals surface area (Å²) in [6.07, 6.45) is 5.07. The van der Waals surface area contributed by atoms with Gasteiger partial charge in [0.1, 0.15) is 0 Å². The Morgan fingerprint density at radius 1 is 1.56 bits per heavy atom. The van der Waals surface area contributed by atoms with Gasteiger partial charge in [-0.05, 0) is 50.2 Å². The van der Waals surface area contributed by atoms with E-state index in [-0.39, 0.29) is 5.60 Å². The fraction of sp³-hybridized carbons (Fsp3) is 1.00. The van der Waals surface area contributed by atoms with E-state index >= 15 is 0 Å². The average molecular weight is 290 g/mol. The molecule has 0 saturated carbocycles. The second-order valence-electron chi connectivity index (χ2n) is 5.56.